The number of pyridine rings is 2. The summed E-state index contributed by atoms with van der Waals surface area (Å²) in [5, 5.41) is 8.19. The molecule has 0 amide bonds. The molecular weight excluding hydrogens is 643 g/mol. The van der Waals surface area contributed by atoms with Gasteiger partial charge in [-0.3, -0.25) is 9.80 Å². The average Bonchev–Trinajstić information content (AvgIpc) is 3.77. The summed E-state index contributed by atoms with van der Waals surface area (Å²) in [6.45, 7) is 10.6. The Hall–Kier alpha value is -3.24. The van der Waals surface area contributed by atoms with E-state index in [1.54, 1.807) is 14.2 Å². The van der Waals surface area contributed by atoms with Gasteiger partial charge in [0.2, 0.25) is 11.8 Å². The number of benzene rings is 2. The van der Waals surface area contributed by atoms with Gasteiger partial charge in [0, 0.05) is 96.6 Å². The van der Waals surface area contributed by atoms with E-state index in [-0.39, 0.29) is 0 Å². The fourth-order valence-electron chi connectivity index (χ4n) is 8.35. The Bertz CT molecular complexity index is 1690. The maximum absolute atomic E-state index is 7.15. The summed E-state index contributed by atoms with van der Waals surface area (Å²) >= 11 is 14.3. The summed E-state index contributed by atoms with van der Waals surface area (Å²) in [4.78, 5) is 14.8. The zero-order valence-electron chi connectivity index (χ0n) is 27.6. The van der Waals surface area contributed by atoms with Gasteiger partial charge in [-0.25, -0.2) is 9.97 Å². The largest absolute Gasteiger partial charge is 0.481 e. The van der Waals surface area contributed by atoms with Gasteiger partial charge < -0.3 is 20.1 Å². The molecule has 2 aromatic carbocycles. The predicted octanol–water partition coefficient (Wildman–Crippen LogP) is 6.39. The molecule has 0 aliphatic carbocycles. The van der Waals surface area contributed by atoms with Gasteiger partial charge in [0.1, 0.15) is 0 Å². The summed E-state index contributed by atoms with van der Waals surface area (Å²) in [6.07, 6.45) is 2.52. The van der Waals surface area contributed by atoms with Crippen LogP contribution >= 0.6 is 23.2 Å². The molecule has 10 heteroatoms. The Morgan fingerprint density at radius 3 is 1.42 bits per heavy atom. The molecule has 4 aromatic rings. The maximum Gasteiger partial charge on any atom is 0.218 e. The first kappa shape index (κ1) is 32.0. The van der Waals surface area contributed by atoms with Crippen LogP contribution in [0.25, 0.3) is 33.6 Å². The van der Waals surface area contributed by atoms with Crippen molar-refractivity contribution in [3.05, 3.63) is 81.8 Å². The molecule has 2 aromatic heterocycles. The highest BCUT2D eigenvalue weighted by molar-refractivity contribution is 6.39. The maximum atomic E-state index is 7.15. The number of ether oxygens (including phenoxy) is 2. The number of rotatable bonds is 9. The number of aromatic nitrogens is 2. The molecule has 0 unspecified atom stereocenters. The zero-order chi connectivity index (χ0) is 32.9. The second-order valence-electron chi connectivity index (χ2n) is 14.2. The minimum atomic E-state index is 0.448. The number of nitrogens with one attached hydrogen (secondary N) is 2. The molecule has 8 rings (SSSR count). The van der Waals surface area contributed by atoms with Crippen molar-refractivity contribution in [2.45, 2.75) is 25.9 Å². The molecule has 0 saturated carbocycles. The Labute approximate surface area is 292 Å². The number of nitrogens with zero attached hydrogens (tertiary/aromatic N) is 4. The van der Waals surface area contributed by atoms with E-state index < -0.39 is 0 Å². The fraction of sp³-hybridized carbons (Fsp3) is 0.421. The quantitative estimate of drug-likeness (QED) is 0.210. The highest BCUT2D eigenvalue weighted by Gasteiger charge is 2.45. The van der Waals surface area contributed by atoms with Crippen LogP contribution < -0.4 is 20.1 Å². The Kier molecular flexibility index (Phi) is 8.60. The van der Waals surface area contributed by atoms with Crippen LogP contribution in [0.3, 0.4) is 0 Å². The molecular formula is C38H42Cl2N6O2. The minimum absolute atomic E-state index is 0.448. The molecule has 8 nitrogen and oxygen atoms in total. The second kappa shape index (κ2) is 12.9. The molecule has 0 atom stereocenters. The third-order valence-corrected chi connectivity index (χ3v) is 11.6. The van der Waals surface area contributed by atoms with Crippen molar-refractivity contribution in [2.24, 2.45) is 10.8 Å². The third kappa shape index (κ3) is 5.86. The second-order valence-corrected chi connectivity index (χ2v) is 15.0. The van der Waals surface area contributed by atoms with Crippen LogP contribution in [0.15, 0.2) is 60.7 Å². The van der Waals surface area contributed by atoms with Gasteiger partial charge >= 0.3 is 0 Å². The molecule has 6 heterocycles. The molecule has 48 heavy (non-hydrogen) atoms. The summed E-state index contributed by atoms with van der Waals surface area (Å²) in [7, 11) is 3.36. The monoisotopic (exact) mass is 684 g/mol. The van der Waals surface area contributed by atoms with Crippen molar-refractivity contribution in [3.8, 4) is 45.4 Å². The van der Waals surface area contributed by atoms with Crippen molar-refractivity contribution in [1.29, 1.82) is 0 Å². The SMILES string of the molecule is COc1nc(-c2cccc(-c3cccc(-c4ccc(CN5CC6(CCNC6)C5)c(OC)n4)c3Cl)c2Cl)ccc1CN1CC2(CCNC2)C1. The lowest BCUT2D eigenvalue weighted by molar-refractivity contribution is 0.00968. The van der Waals surface area contributed by atoms with Crippen LogP contribution in [0.5, 0.6) is 11.8 Å². The lowest BCUT2D eigenvalue weighted by Crippen LogP contribution is -2.56. The van der Waals surface area contributed by atoms with Crippen LogP contribution in [-0.4, -0.2) is 86.3 Å². The van der Waals surface area contributed by atoms with Gasteiger partial charge in [-0.05, 0) is 38.1 Å². The van der Waals surface area contributed by atoms with E-state index in [4.69, 9.17) is 42.6 Å². The van der Waals surface area contributed by atoms with Crippen molar-refractivity contribution in [2.75, 3.05) is 66.6 Å². The Morgan fingerprint density at radius 1 is 0.625 bits per heavy atom. The van der Waals surface area contributed by atoms with Crippen LogP contribution in [0.2, 0.25) is 10.0 Å². The van der Waals surface area contributed by atoms with Crippen molar-refractivity contribution in [3.63, 3.8) is 0 Å². The standard InChI is InChI=1S/C38H42Cl2N6O2/c1-47-35-25(17-45-21-37(22-45)13-15-41-19-37)9-11-31(43-35)29-7-3-5-27(33(29)39)28-6-4-8-30(34(28)40)32-12-10-26(36(44-32)48-2)18-46-23-38(24-46)14-16-42-20-38/h3-12,41-42H,13-24H2,1-2H3. The van der Waals surface area contributed by atoms with Crippen molar-refractivity contribution < 1.29 is 9.47 Å². The van der Waals surface area contributed by atoms with E-state index in [2.05, 4.69) is 32.6 Å². The molecule has 2 N–H and O–H groups in total. The topological polar surface area (TPSA) is 74.8 Å². The highest BCUT2D eigenvalue weighted by atomic mass is 35.5. The number of hydrogen-bond donors (Lipinski definition) is 2. The number of halogens is 2. The van der Waals surface area contributed by atoms with E-state index in [1.165, 1.54) is 12.8 Å². The molecule has 4 fully saturated rings. The van der Waals surface area contributed by atoms with E-state index in [0.29, 0.717) is 32.6 Å². The van der Waals surface area contributed by atoms with Crippen LogP contribution in [0.1, 0.15) is 24.0 Å². The van der Waals surface area contributed by atoms with E-state index in [9.17, 15) is 0 Å². The highest BCUT2D eigenvalue weighted by Crippen LogP contribution is 2.44. The van der Waals surface area contributed by atoms with Gasteiger partial charge in [0.05, 0.1) is 35.7 Å². The zero-order valence-corrected chi connectivity index (χ0v) is 29.1. The van der Waals surface area contributed by atoms with E-state index in [0.717, 1.165) is 110 Å². The molecule has 0 radical (unpaired) electrons. The summed E-state index contributed by atoms with van der Waals surface area (Å²) in [6, 6.07) is 20.3. The molecule has 4 saturated heterocycles. The normalized spacial score (nSPS) is 19.8. The fourth-order valence-corrected chi connectivity index (χ4v) is 9.00. The first-order chi connectivity index (χ1) is 23.4. The summed E-state index contributed by atoms with van der Waals surface area (Å²) in [5.41, 5.74) is 7.89. The van der Waals surface area contributed by atoms with Crippen LogP contribution in [-0.2, 0) is 13.1 Å². The van der Waals surface area contributed by atoms with Crippen molar-refractivity contribution in [1.82, 2.24) is 30.4 Å². The number of methoxy groups -OCH3 is 2. The lowest BCUT2D eigenvalue weighted by atomic mass is 9.79. The molecule has 2 spiro atoms. The van der Waals surface area contributed by atoms with Gasteiger partial charge in [0.15, 0.2) is 0 Å². The minimum Gasteiger partial charge on any atom is -0.481 e. The molecule has 0 bridgehead atoms. The number of likely N-dealkylation sites (tertiary alicyclic amines) is 2. The lowest BCUT2D eigenvalue weighted by Gasteiger charge is -2.48. The molecule has 250 valence electrons. The first-order valence-corrected chi connectivity index (χ1v) is 17.7. The Morgan fingerprint density at radius 2 is 1.04 bits per heavy atom. The van der Waals surface area contributed by atoms with Gasteiger partial charge in [-0.15, -0.1) is 0 Å². The van der Waals surface area contributed by atoms with Crippen LogP contribution in [0.4, 0.5) is 0 Å². The number of hydrogen-bond acceptors (Lipinski definition) is 8. The van der Waals surface area contributed by atoms with E-state index >= 15 is 0 Å². The van der Waals surface area contributed by atoms with E-state index in [1.807, 2.05) is 48.5 Å². The summed E-state index contributed by atoms with van der Waals surface area (Å²) < 4.78 is 11.6. The third-order valence-electron chi connectivity index (χ3n) is 10.8. The van der Waals surface area contributed by atoms with Crippen LogP contribution in [0, 0.1) is 10.8 Å². The average molecular weight is 686 g/mol. The molecule has 4 aliphatic heterocycles. The van der Waals surface area contributed by atoms with Gasteiger partial charge in [0.25, 0.3) is 0 Å². The van der Waals surface area contributed by atoms with Gasteiger partial charge in [-0.1, -0.05) is 71.7 Å². The van der Waals surface area contributed by atoms with Crippen molar-refractivity contribution >= 4 is 23.2 Å². The first-order valence-electron chi connectivity index (χ1n) is 16.9. The van der Waals surface area contributed by atoms with Gasteiger partial charge in [-0.2, -0.15) is 0 Å². The smallest absolute Gasteiger partial charge is 0.218 e. The predicted molar refractivity (Wildman–Crippen MR) is 192 cm³/mol. The molecule has 4 aliphatic rings. The summed E-state index contributed by atoms with van der Waals surface area (Å²) in [5.74, 6) is 1.26. The Balaban J connectivity index is 1.03.